The Morgan fingerprint density at radius 3 is 2.39 bits per heavy atom. The molecule has 1 amide bonds. The fraction of sp³-hybridized carbons (Fsp3) is 0.0833. The van der Waals surface area contributed by atoms with Gasteiger partial charge in [0.1, 0.15) is 18.2 Å². The van der Waals surface area contributed by atoms with Gasteiger partial charge in [0.25, 0.3) is 5.91 Å². The van der Waals surface area contributed by atoms with E-state index in [0.717, 1.165) is 11.1 Å². The molecule has 3 aromatic carbocycles. The van der Waals surface area contributed by atoms with Gasteiger partial charge < -0.3 is 10.1 Å². The van der Waals surface area contributed by atoms with Crippen LogP contribution in [0.5, 0.6) is 5.75 Å². The van der Waals surface area contributed by atoms with Crippen LogP contribution in [0.25, 0.3) is 6.08 Å². The summed E-state index contributed by atoms with van der Waals surface area (Å²) in [7, 11) is 0. The Hall–Kier alpha value is -2.97. The highest BCUT2D eigenvalue weighted by molar-refractivity contribution is 6.37. The van der Waals surface area contributed by atoms with E-state index < -0.39 is 5.91 Å². The monoisotopic (exact) mass is 470 g/mol. The van der Waals surface area contributed by atoms with Gasteiger partial charge in [-0.15, -0.1) is 0 Å². The first-order valence-corrected chi connectivity index (χ1v) is 10.4. The maximum absolute atomic E-state index is 12.6. The van der Waals surface area contributed by atoms with Crippen molar-refractivity contribution in [3.8, 4) is 11.8 Å². The minimum absolute atomic E-state index is 0.107. The predicted molar refractivity (Wildman–Crippen MR) is 126 cm³/mol. The molecule has 0 aliphatic heterocycles. The number of halogens is 3. The molecule has 7 heteroatoms. The first kappa shape index (κ1) is 22.7. The molecule has 0 unspecified atom stereocenters. The molecule has 0 spiro atoms. The lowest BCUT2D eigenvalue weighted by Gasteiger charge is -2.11. The molecular formula is C24H17Cl3N2O2. The summed E-state index contributed by atoms with van der Waals surface area (Å²) in [6, 6.07) is 19.8. The second-order valence-electron chi connectivity index (χ2n) is 6.67. The normalized spacial score (nSPS) is 11.0. The standard InChI is InChI=1S/C24H17Cl3N2O2/c1-15-7-8-19(25)12-22(15)29-24(30)18(13-28)9-17-10-20(26)23(21(27)11-17)31-14-16-5-3-2-4-6-16/h2-12H,14H2,1H3,(H,29,30)/b18-9+. The molecule has 156 valence electrons. The van der Waals surface area contributed by atoms with E-state index in [9.17, 15) is 10.1 Å². The molecule has 0 atom stereocenters. The fourth-order valence-corrected chi connectivity index (χ4v) is 3.55. The molecule has 0 aliphatic rings. The molecule has 4 nitrogen and oxygen atoms in total. The highest BCUT2D eigenvalue weighted by atomic mass is 35.5. The van der Waals surface area contributed by atoms with Gasteiger partial charge in [-0.05, 0) is 54.0 Å². The van der Waals surface area contributed by atoms with Crippen LogP contribution < -0.4 is 10.1 Å². The second kappa shape index (κ2) is 10.4. The van der Waals surface area contributed by atoms with Crippen molar-refractivity contribution in [3.63, 3.8) is 0 Å². The number of anilines is 1. The SMILES string of the molecule is Cc1ccc(Cl)cc1NC(=O)/C(C#N)=C/c1cc(Cl)c(OCc2ccccc2)c(Cl)c1. The molecule has 0 radical (unpaired) electrons. The molecule has 0 saturated heterocycles. The third kappa shape index (κ3) is 6.02. The van der Waals surface area contributed by atoms with E-state index in [-0.39, 0.29) is 15.6 Å². The average Bonchev–Trinajstić information content (AvgIpc) is 2.74. The van der Waals surface area contributed by atoms with Crippen molar-refractivity contribution in [3.05, 3.63) is 98.0 Å². The summed E-state index contributed by atoms with van der Waals surface area (Å²) in [5.41, 5.74) is 2.71. The smallest absolute Gasteiger partial charge is 0.266 e. The first-order chi connectivity index (χ1) is 14.9. The van der Waals surface area contributed by atoms with E-state index in [4.69, 9.17) is 39.5 Å². The molecule has 0 saturated carbocycles. The van der Waals surface area contributed by atoms with Crippen LogP contribution in [0, 0.1) is 18.3 Å². The van der Waals surface area contributed by atoms with Crippen molar-refractivity contribution in [2.45, 2.75) is 13.5 Å². The zero-order valence-corrected chi connectivity index (χ0v) is 18.7. The number of carbonyl (C=O) groups is 1. The van der Waals surface area contributed by atoms with Crippen molar-refractivity contribution in [1.82, 2.24) is 0 Å². The molecule has 0 bridgehead atoms. The van der Waals surface area contributed by atoms with Gasteiger partial charge in [0.2, 0.25) is 0 Å². The van der Waals surface area contributed by atoms with Gasteiger partial charge in [-0.3, -0.25) is 4.79 Å². The van der Waals surface area contributed by atoms with Gasteiger partial charge in [0, 0.05) is 10.7 Å². The van der Waals surface area contributed by atoms with Crippen molar-refractivity contribution >= 4 is 52.5 Å². The van der Waals surface area contributed by atoms with Crippen LogP contribution in [-0.2, 0) is 11.4 Å². The number of nitriles is 1. The summed E-state index contributed by atoms with van der Waals surface area (Å²) in [5, 5.41) is 13.2. The minimum Gasteiger partial charge on any atom is -0.486 e. The van der Waals surface area contributed by atoms with Gasteiger partial charge in [0.15, 0.2) is 5.75 Å². The zero-order valence-electron chi connectivity index (χ0n) is 16.5. The molecule has 1 N–H and O–H groups in total. The van der Waals surface area contributed by atoms with E-state index in [1.807, 2.05) is 43.3 Å². The number of carbonyl (C=O) groups excluding carboxylic acids is 1. The summed E-state index contributed by atoms with van der Waals surface area (Å²) in [5.74, 6) is -0.230. The van der Waals surface area contributed by atoms with E-state index >= 15 is 0 Å². The lowest BCUT2D eigenvalue weighted by Crippen LogP contribution is -2.14. The van der Waals surface area contributed by atoms with Crippen molar-refractivity contribution in [2.75, 3.05) is 5.32 Å². The van der Waals surface area contributed by atoms with Crippen LogP contribution in [-0.4, -0.2) is 5.91 Å². The maximum atomic E-state index is 12.6. The highest BCUT2D eigenvalue weighted by Gasteiger charge is 2.14. The van der Waals surface area contributed by atoms with E-state index in [1.54, 1.807) is 30.3 Å². The molecule has 31 heavy (non-hydrogen) atoms. The van der Waals surface area contributed by atoms with Gasteiger partial charge >= 0.3 is 0 Å². The van der Waals surface area contributed by atoms with E-state index in [2.05, 4.69) is 5.32 Å². The van der Waals surface area contributed by atoms with E-state index in [0.29, 0.717) is 28.6 Å². The lowest BCUT2D eigenvalue weighted by atomic mass is 10.1. The van der Waals surface area contributed by atoms with E-state index in [1.165, 1.54) is 6.08 Å². The zero-order chi connectivity index (χ0) is 22.4. The molecule has 0 fully saturated rings. The van der Waals surface area contributed by atoms with Crippen LogP contribution in [0.3, 0.4) is 0 Å². The van der Waals surface area contributed by atoms with Crippen LogP contribution in [0.4, 0.5) is 5.69 Å². The average molecular weight is 472 g/mol. The van der Waals surface area contributed by atoms with Crippen LogP contribution in [0.1, 0.15) is 16.7 Å². The van der Waals surface area contributed by atoms with Crippen LogP contribution in [0.15, 0.2) is 66.2 Å². The number of hydrogen-bond donors (Lipinski definition) is 1. The molecule has 3 aromatic rings. The third-order valence-electron chi connectivity index (χ3n) is 4.37. The Kier molecular flexibility index (Phi) is 7.59. The Bertz CT molecular complexity index is 1160. The quantitative estimate of drug-likeness (QED) is 0.308. The number of nitrogens with one attached hydrogen (secondary N) is 1. The van der Waals surface area contributed by atoms with Crippen molar-refractivity contribution in [1.29, 1.82) is 5.26 Å². The largest absolute Gasteiger partial charge is 0.486 e. The fourth-order valence-electron chi connectivity index (χ4n) is 2.76. The minimum atomic E-state index is -0.565. The number of ether oxygens (including phenoxy) is 1. The van der Waals surface area contributed by atoms with Crippen LogP contribution in [0.2, 0.25) is 15.1 Å². The summed E-state index contributed by atoms with van der Waals surface area (Å²) in [4.78, 5) is 12.6. The maximum Gasteiger partial charge on any atom is 0.266 e. The Morgan fingerprint density at radius 2 is 1.74 bits per heavy atom. The number of aryl methyl sites for hydroxylation is 1. The van der Waals surface area contributed by atoms with Crippen molar-refractivity contribution < 1.29 is 9.53 Å². The van der Waals surface area contributed by atoms with Gasteiger partial charge in [-0.2, -0.15) is 5.26 Å². The number of hydrogen-bond acceptors (Lipinski definition) is 3. The summed E-state index contributed by atoms with van der Waals surface area (Å²) in [6.45, 7) is 2.13. The number of nitrogens with zero attached hydrogens (tertiary/aromatic N) is 1. The number of rotatable bonds is 6. The van der Waals surface area contributed by atoms with Gasteiger partial charge in [0.05, 0.1) is 10.0 Å². The summed E-state index contributed by atoms with van der Waals surface area (Å²) in [6.07, 6.45) is 1.41. The van der Waals surface area contributed by atoms with Gasteiger partial charge in [-0.25, -0.2) is 0 Å². The first-order valence-electron chi connectivity index (χ1n) is 9.22. The lowest BCUT2D eigenvalue weighted by molar-refractivity contribution is -0.112. The number of benzene rings is 3. The van der Waals surface area contributed by atoms with Gasteiger partial charge in [-0.1, -0.05) is 71.2 Å². The molecule has 0 heterocycles. The molecule has 0 aliphatic carbocycles. The second-order valence-corrected chi connectivity index (χ2v) is 7.92. The predicted octanol–water partition coefficient (Wildman–Crippen LogP) is 7.08. The highest BCUT2D eigenvalue weighted by Crippen LogP contribution is 2.35. The third-order valence-corrected chi connectivity index (χ3v) is 5.17. The molecule has 3 rings (SSSR count). The Labute approximate surface area is 195 Å². The Balaban J connectivity index is 1.79. The number of amides is 1. The summed E-state index contributed by atoms with van der Waals surface area (Å²) >= 11 is 18.7. The Morgan fingerprint density at radius 1 is 1.06 bits per heavy atom. The molecular weight excluding hydrogens is 455 g/mol. The summed E-state index contributed by atoms with van der Waals surface area (Å²) < 4.78 is 5.75. The van der Waals surface area contributed by atoms with Crippen molar-refractivity contribution in [2.24, 2.45) is 0 Å². The van der Waals surface area contributed by atoms with Crippen LogP contribution >= 0.6 is 34.8 Å². The molecule has 0 aromatic heterocycles. The topological polar surface area (TPSA) is 62.1 Å².